The lowest BCUT2D eigenvalue weighted by Gasteiger charge is -2.13. The third-order valence-corrected chi connectivity index (χ3v) is 6.86. The van der Waals surface area contributed by atoms with Crippen LogP contribution in [0, 0.1) is 13.8 Å². The molecule has 2 aromatic heterocycles. The third-order valence-electron chi connectivity index (χ3n) is 4.83. The average Bonchev–Trinajstić information content (AvgIpc) is 3.31. The Morgan fingerprint density at radius 1 is 1.06 bits per heavy atom. The largest absolute Gasteiger partial charge is 0.301 e. The van der Waals surface area contributed by atoms with Crippen LogP contribution < -0.4 is 5.32 Å². The highest BCUT2D eigenvalue weighted by atomic mass is 32.2. The van der Waals surface area contributed by atoms with Crippen LogP contribution in [0.4, 0.5) is 5.13 Å². The summed E-state index contributed by atoms with van der Waals surface area (Å²) in [6.07, 6.45) is 0.654. The Labute approximate surface area is 189 Å². The highest BCUT2D eigenvalue weighted by Gasteiger charge is 2.22. The molecule has 4 aromatic rings. The summed E-state index contributed by atoms with van der Waals surface area (Å²) in [5.74, 6) is 0.727. The third kappa shape index (κ3) is 5.03. The van der Waals surface area contributed by atoms with Crippen molar-refractivity contribution in [1.29, 1.82) is 0 Å². The number of aromatic nitrogens is 4. The minimum absolute atomic E-state index is 0.106. The molecule has 0 fully saturated rings. The number of para-hydroxylation sites is 1. The van der Waals surface area contributed by atoms with E-state index in [1.165, 1.54) is 23.1 Å². The lowest BCUT2D eigenvalue weighted by atomic mass is 10.1. The normalized spacial score (nSPS) is 12.0. The van der Waals surface area contributed by atoms with Crippen molar-refractivity contribution in [1.82, 2.24) is 19.7 Å². The second-order valence-electron chi connectivity index (χ2n) is 7.14. The molecule has 0 saturated heterocycles. The van der Waals surface area contributed by atoms with Gasteiger partial charge >= 0.3 is 0 Å². The summed E-state index contributed by atoms with van der Waals surface area (Å²) in [6, 6.07) is 20.2. The number of anilines is 1. The highest BCUT2D eigenvalue weighted by molar-refractivity contribution is 8.00. The Bertz CT molecular complexity index is 1150. The van der Waals surface area contributed by atoms with Crippen molar-refractivity contribution >= 4 is 34.1 Å². The number of aryl methyl sites for hydroxylation is 2. The van der Waals surface area contributed by atoms with Gasteiger partial charge < -0.3 is 5.32 Å². The van der Waals surface area contributed by atoms with Gasteiger partial charge in [0.1, 0.15) is 5.82 Å². The first-order chi connectivity index (χ1) is 15.0. The maximum atomic E-state index is 12.8. The zero-order valence-corrected chi connectivity index (χ0v) is 19.2. The standard InChI is InChI=1S/C23H23N5OS2/c1-15-16(2)30-22(24-15)25-21(29)17(3)31-23-27-26-20(14-18-10-6-4-7-11-18)28(23)19-12-8-5-9-13-19/h4-13,17H,14H2,1-3H3,(H,24,25,29). The fraction of sp³-hybridized carbons (Fsp3) is 0.217. The van der Waals surface area contributed by atoms with Crippen molar-refractivity contribution < 1.29 is 4.79 Å². The van der Waals surface area contributed by atoms with E-state index in [1.54, 1.807) is 0 Å². The number of hydrogen-bond acceptors (Lipinski definition) is 6. The molecule has 1 atom stereocenters. The molecule has 0 aliphatic rings. The molecule has 6 nitrogen and oxygen atoms in total. The van der Waals surface area contributed by atoms with E-state index in [4.69, 9.17) is 0 Å². The number of benzene rings is 2. The molecular weight excluding hydrogens is 426 g/mol. The van der Waals surface area contributed by atoms with E-state index in [0.717, 1.165) is 27.6 Å². The van der Waals surface area contributed by atoms with Gasteiger partial charge in [-0.3, -0.25) is 9.36 Å². The Kier molecular flexibility index (Phi) is 6.48. The summed E-state index contributed by atoms with van der Waals surface area (Å²) in [5.41, 5.74) is 3.07. The van der Waals surface area contributed by atoms with Crippen molar-refractivity contribution in [2.24, 2.45) is 0 Å². The van der Waals surface area contributed by atoms with Crippen LogP contribution in [0.2, 0.25) is 0 Å². The maximum absolute atomic E-state index is 12.8. The van der Waals surface area contributed by atoms with E-state index < -0.39 is 0 Å². The second kappa shape index (κ2) is 9.45. The van der Waals surface area contributed by atoms with Crippen LogP contribution in [0.1, 0.15) is 28.9 Å². The molecule has 0 saturated carbocycles. The molecule has 2 heterocycles. The first kappa shape index (κ1) is 21.3. The van der Waals surface area contributed by atoms with Crippen LogP contribution in [0.15, 0.2) is 65.8 Å². The minimum Gasteiger partial charge on any atom is -0.301 e. The van der Waals surface area contributed by atoms with E-state index in [-0.39, 0.29) is 11.2 Å². The molecule has 0 aliphatic heterocycles. The summed E-state index contributed by atoms with van der Waals surface area (Å²) in [4.78, 5) is 18.3. The molecule has 1 amide bonds. The Morgan fingerprint density at radius 2 is 1.74 bits per heavy atom. The van der Waals surface area contributed by atoms with Crippen LogP contribution >= 0.6 is 23.1 Å². The Hall–Kier alpha value is -2.97. The van der Waals surface area contributed by atoms with Crippen LogP contribution in [0.25, 0.3) is 5.69 Å². The number of hydrogen-bond donors (Lipinski definition) is 1. The fourth-order valence-corrected chi connectivity index (χ4v) is 4.75. The molecule has 0 spiro atoms. The Morgan fingerprint density at radius 3 is 2.39 bits per heavy atom. The van der Waals surface area contributed by atoms with Crippen LogP contribution in [-0.2, 0) is 11.2 Å². The Balaban J connectivity index is 1.58. The van der Waals surface area contributed by atoms with E-state index in [2.05, 4.69) is 32.6 Å². The van der Waals surface area contributed by atoms with Gasteiger partial charge in [0, 0.05) is 17.0 Å². The predicted molar refractivity (Wildman–Crippen MR) is 126 cm³/mol. The van der Waals surface area contributed by atoms with Crippen LogP contribution in [-0.4, -0.2) is 30.9 Å². The number of thiazole rings is 1. The van der Waals surface area contributed by atoms with Crippen molar-refractivity contribution in [3.8, 4) is 5.69 Å². The lowest BCUT2D eigenvalue weighted by Crippen LogP contribution is -2.22. The van der Waals surface area contributed by atoms with Gasteiger partial charge in [0.25, 0.3) is 0 Å². The number of carbonyl (C=O) groups is 1. The van der Waals surface area contributed by atoms with E-state index >= 15 is 0 Å². The van der Waals surface area contributed by atoms with E-state index in [9.17, 15) is 4.79 Å². The topological polar surface area (TPSA) is 72.7 Å². The van der Waals surface area contributed by atoms with Gasteiger partial charge in [-0.15, -0.1) is 21.5 Å². The van der Waals surface area contributed by atoms with Gasteiger partial charge in [0.05, 0.1) is 10.9 Å². The van der Waals surface area contributed by atoms with E-state index in [0.29, 0.717) is 16.7 Å². The summed E-state index contributed by atoms with van der Waals surface area (Å²) in [7, 11) is 0. The minimum atomic E-state index is -0.360. The van der Waals surface area contributed by atoms with Gasteiger partial charge in [0.2, 0.25) is 5.91 Å². The van der Waals surface area contributed by atoms with Crippen LogP contribution in [0.3, 0.4) is 0 Å². The zero-order chi connectivity index (χ0) is 21.8. The molecule has 0 radical (unpaired) electrons. The molecule has 158 valence electrons. The lowest BCUT2D eigenvalue weighted by molar-refractivity contribution is -0.115. The summed E-state index contributed by atoms with van der Waals surface area (Å²) >= 11 is 2.88. The second-order valence-corrected chi connectivity index (χ2v) is 9.65. The SMILES string of the molecule is Cc1nc(NC(=O)C(C)Sc2nnc(Cc3ccccc3)n2-c2ccccc2)sc1C. The molecule has 2 aromatic carbocycles. The van der Waals surface area contributed by atoms with Crippen molar-refractivity contribution in [2.75, 3.05) is 5.32 Å². The fourth-order valence-electron chi connectivity index (χ4n) is 3.05. The molecule has 1 N–H and O–H groups in total. The molecular formula is C23H23N5OS2. The molecule has 8 heteroatoms. The monoisotopic (exact) mass is 449 g/mol. The first-order valence-corrected chi connectivity index (χ1v) is 11.7. The van der Waals surface area contributed by atoms with Crippen molar-refractivity contribution in [3.63, 3.8) is 0 Å². The number of nitrogens with one attached hydrogen (secondary N) is 1. The van der Waals surface area contributed by atoms with Crippen LogP contribution in [0.5, 0.6) is 0 Å². The van der Waals surface area contributed by atoms with Gasteiger partial charge in [-0.1, -0.05) is 60.3 Å². The number of carbonyl (C=O) groups excluding carboxylic acids is 1. The van der Waals surface area contributed by atoms with Crippen molar-refractivity contribution in [3.05, 3.63) is 82.6 Å². The van der Waals surface area contributed by atoms with Gasteiger partial charge in [-0.05, 0) is 38.5 Å². The molecule has 0 aliphatic carbocycles. The number of thioether (sulfide) groups is 1. The van der Waals surface area contributed by atoms with Gasteiger partial charge in [-0.25, -0.2) is 4.98 Å². The number of nitrogens with zero attached hydrogens (tertiary/aromatic N) is 4. The molecule has 1 unspecified atom stereocenters. The molecule has 0 bridgehead atoms. The average molecular weight is 450 g/mol. The summed E-state index contributed by atoms with van der Waals surface area (Å²) in [5, 5.41) is 12.7. The highest BCUT2D eigenvalue weighted by Crippen LogP contribution is 2.28. The molecule has 4 rings (SSSR count). The number of amides is 1. The zero-order valence-electron chi connectivity index (χ0n) is 17.6. The van der Waals surface area contributed by atoms with E-state index in [1.807, 2.05) is 73.9 Å². The predicted octanol–water partition coefficient (Wildman–Crippen LogP) is 5.05. The first-order valence-electron chi connectivity index (χ1n) is 9.96. The smallest absolute Gasteiger partial charge is 0.239 e. The quantitative estimate of drug-likeness (QED) is 0.400. The van der Waals surface area contributed by atoms with Gasteiger partial charge in [0.15, 0.2) is 10.3 Å². The summed E-state index contributed by atoms with van der Waals surface area (Å²) < 4.78 is 2.03. The molecule has 31 heavy (non-hydrogen) atoms. The summed E-state index contributed by atoms with van der Waals surface area (Å²) in [6.45, 7) is 5.81. The van der Waals surface area contributed by atoms with Gasteiger partial charge in [-0.2, -0.15) is 0 Å². The maximum Gasteiger partial charge on any atom is 0.239 e. The number of rotatable bonds is 7. The van der Waals surface area contributed by atoms with Crippen molar-refractivity contribution in [2.45, 2.75) is 37.6 Å².